The molecule has 2 heterocycles. The van der Waals surface area contributed by atoms with Crippen LogP contribution in [0, 0.1) is 0 Å². The molecule has 2 aliphatic heterocycles. The van der Waals surface area contributed by atoms with Crippen molar-refractivity contribution in [1.29, 1.82) is 0 Å². The van der Waals surface area contributed by atoms with E-state index >= 15 is 0 Å². The lowest BCUT2D eigenvalue weighted by atomic mass is 10.1. The monoisotopic (exact) mass is 332 g/mol. The van der Waals surface area contributed by atoms with Gasteiger partial charge in [0.05, 0.1) is 12.2 Å². The number of benzene rings is 1. The maximum Gasteiger partial charge on any atom is 0.222 e. The molecule has 5 nitrogen and oxygen atoms in total. The van der Waals surface area contributed by atoms with Crippen LogP contribution in [-0.2, 0) is 9.53 Å². The Labute approximate surface area is 144 Å². The van der Waals surface area contributed by atoms with E-state index in [0.717, 1.165) is 57.6 Å². The minimum Gasteiger partial charge on any atom is -0.387 e. The van der Waals surface area contributed by atoms with Crippen molar-refractivity contribution in [3.8, 4) is 0 Å². The molecule has 0 saturated carbocycles. The van der Waals surface area contributed by atoms with Crippen LogP contribution >= 0.6 is 0 Å². The molecule has 1 aromatic carbocycles. The second kappa shape index (κ2) is 8.60. The number of rotatable bonds is 6. The summed E-state index contributed by atoms with van der Waals surface area (Å²) in [6.07, 6.45) is 3.49. The lowest BCUT2D eigenvalue weighted by Gasteiger charge is -2.35. The Balaban J connectivity index is 1.38. The molecule has 2 fully saturated rings. The Morgan fingerprint density at radius 2 is 1.96 bits per heavy atom. The Morgan fingerprint density at radius 1 is 1.21 bits per heavy atom. The fraction of sp³-hybridized carbons (Fsp3) is 0.632. The van der Waals surface area contributed by atoms with Crippen LogP contribution < -0.4 is 0 Å². The van der Waals surface area contributed by atoms with Gasteiger partial charge in [0.15, 0.2) is 0 Å². The lowest BCUT2D eigenvalue weighted by molar-refractivity contribution is -0.133. The lowest BCUT2D eigenvalue weighted by Crippen LogP contribution is -2.49. The van der Waals surface area contributed by atoms with Crippen LogP contribution in [0.5, 0.6) is 0 Å². The number of carbonyl (C=O) groups excluding carboxylic acids is 1. The third-order valence-corrected chi connectivity index (χ3v) is 5.04. The van der Waals surface area contributed by atoms with Gasteiger partial charge in [0, 0.05) is 45.8 Å². The Hall–Kier alpha value is -1.43. The number of hydrogen-bond acceptors (Lipinski definition) is 4. The molecule has 132 valence electrons. The molecule has 3 rings (SSSR count). The van der Waals surface area contributed by atoms with Crippen molar-refractivity contribution >= 4 is 5.91 Å². The van der Waals surface area contributed by atoms with E-state index < -0.39 is 6.10 Å². The normalized spacial score (nSPS) is 23.4. The quantitative estimate of drug-likeness (QED) is 0.863. The summed E-state index contributed by atoms with van der Waals surface area (Å²) in [7, 11) is 0. The summed E-state index contributed by atoms with van der Waals surface area (Å²) in [6.45, 7) is 4.64. The molecule has 0 unspecified atom stereocenters. The van der Waals surface area contributed by atoms with Crippen LogP contribution in [0.4, 0.5) is 0 Å². The van der Waals surface area contributed by atoms with Gasteiger partial charge in [-0.1, -0.05) is 30.3 Å². The van der Waals surface area contributed by atoms with E-state index in [0.29, 0.717) is 13.0 Å². The van der Waals surface area contributed by atoms with E-state index in [9.17, 15) is 9.90 Å². The number of carbonyl (C=O) groups is 1. The van der Waals surface area contributed by atoms with Crippen LogP contribution in [0.2, 0.25) is 0 Å². The number of ether oxygens (including phenoxy) is 1. The maximum absolute atomic E-state index is 12.3. The van der Waals surface area contributed by atoms with E-state index in [1.807, 2.05) is 35.2 Å². The molecule has 2 aliphatic rings. The fourth-order valence-corrected chi connectivity index (χ4v) is 3.52. The van der Waals surface area contributed by atoms with Crippen molar-refractivity contribution in [2.45, 2.75) is 37.9 Å². The van der Waals surface area contributed by atoms with Gasteiger partial charge in [-0.25, -0.2) is 0 Å². The molecule has 2 saturated heterocycles. The second-order valence-corrected chi connectivity index (χ2v) is 6.78. The zero-order valence-electron chi connectivity index (χ0n) is 14.3. The number of aliphatic hydroxyl groups is 1. The highest BCUT2D eigenvalue weighted by molar-refractivity contribution is 5.76. The van der Waals surface area contributed by atoms with Gasteiger partial charge in [-0.15, -0.1) is 0 Å². The van der Waals surface area contributed by atoms with Gasteiger partial charge in [-0.05, 0) is 24.8 Å². The van der Waals surface area contributed by atoms with E-state index in [1.54, 1.807) is 0 Å². The molecule has 1 aromatic rings. The first-order valence-corrected chi connectivity index (χ1v) is 9.07. The maximum atomic E-state index is 12.3. The molecule has 0 aliphatic carbocycles. The van der Waals surface area contributed by atoms with Gasteiger partial charge in [0.1, 0.15) is 0 Å². The van der Waals surface area contributed by atoms with Gasteiger partial charge in [-0.2, -0.15) is 0 Å². The Morgan fingerprint density at radius 3 is 2.62 bits per heavy atom. The molecular formula is C19H28N2O3. The highest BCUT2D eigenvalue weighted by Crippen LogP contribution is 2.18. The Kier molecular flexibility index (Phi) is 6.24. The van der Waals surface area contributed by atoms with Crippen molar-refractivity contribution in [3.05, 3.63) is 35.9 Å². The summed E-state index contributed by atoms with van der Waals surface area (Å²) >= 11 is 0. The van der Waals surface area contributed by atoms with E-state index in [4.69, 9.17) is 4.74 Å². The summed E-state index contributed by atoms with van der Waals surface area (Å²) < 4.78 is 5.59. The number of amides is 1. The smallest absolute Gasteiger partial charge is 0.222 e. The zero-order valence-corrected chi connectivity index (χ0v) is 14.3. The van der Waals surface area contributed by atoms with Crippen molar-refractivity contribution in [2.24, 2.45) is 0 Å². The van der Waals surface area contributed by atoms with Gasteiger partial charge in [0.2, 0.25) is 5.91 Å². The molecular weight excluding hydrogens is 304 g/mol. The molecule has 1 amide bonds. The van der Waals surface area contributed by atoms with Gasteiger partial charge < -0.3 is 14.7 Å². The van der Waals surface area contributed by atoms with Crippen LogP contribution in [0.15, 0.2) is 30.3 Å². The van der Waals surface area contributed by atoms with E-state index in [2.05, 4.69) is 4.90 Å². The SMILES string of the molecule is O=C(CC[C@@H]1CCCO1)N1CCN(C[C@@H](O)c2ccccc2)CC1. The number of nitrogens with zero attached hydrogens (tertiary/aromatic N) is 2. The van der Waals surface area contributed by atoms with Crippen LogP contribution in [0.3, 0.4) is 0 Å². The number of piperazine rings is 1. The van der Waals surface area contributed by atoms with Crippen molar-refractivity contribution in [3.63, 3.8) is 0 Å². The molecule has 1 N–H and O–H groups in total. The van der Waals surface area contributed by atoms with Crippen LogP contribution in [-0.4, -0.2) is 66.2 Å². The molecule has 0 spiro atoms. The summed E-state index contributed by atoms with van der Waals surface area (Å²) in [5, 5.41) is 10.3. The third-order valence-electron chi connectivity index (χ3n) is 5.04. The highest BCUT2D eigenvalue weighted by atomic mass is 16.5. The predicted octanol–water partition coefficient (Wildman–Crippen LogP) is 1.82. The van der Waals surface area contributed by atoms with E-state index in [-0.39, 0.29) is 12.0 Å². The molecule has 24 heavy (non-hydrogen) atoms. The third kappa shape index (κ3) is 4.79. The largest absolute Gasteiger partial charge is 0.387 e. The average Bonchev–Trinajstić information content (AvgIpc) is 3.14. The fourth-order valence-electron chi connectivity index (χ4n) is 3.52. The van der Waals surface area contributed by atoms with Gasteiger partial charge in [-0.3, -0.25) is 9.69 Å². The first-order chi connectivity index (χ1) is 11.7. The first kappa shape index (κ1) is 17.4. The first-order valence-electron chi connectivity index (χ1n) is 9.07. The average molecular weight is 332 g/mol. The van der Waals surface area contributed by atoms with Crippen molar-refractivity contribution < 1.29 is 14.6 Å². The summed E-state index contributed by atoms with van der Waals surface area (Å²) in [6, 6.07) is 9.76. The summed E-state index contributed by atoms with van der Waals surface area (Å²) in [5.41, 5.74) is 0.951. The van der Waals surface area contributed by atoms with Crippen molar-refractivity contribution in [1.82, 2.24) is 9.80 Å². The zero-order chi connectivity index (χ0) is 16.8. The standard InChI is InChI=1S/C19H28N2O3/c22-18(16-5-2-1-3-6-16)15-20-10-12-21(13-11-20)19(23)9-8-17-7-4-14-24-17/h1-3,5-6,17-18,22H,4,7-15H2/t17-,18+/m0/s1. The van der Waals surface area contributed by atoms with Crippen LogP contribution in [0.25, 0.3) is 0 Å². The topological polar surface area (TPSA) is 53.0 Å². The minimum absolute atomic E-state index is 0.244. The molecule has 0 radical (unpaired) electrons. The minimum atomic E-state index is -0.465. The van der Waals surface area contributed by atoms with Gasteiger partial charge >= 0.3 is 0 Å². The van der Waals surface area contributed by atoms with E-state index in [1.165, 1.54) is 0 Å². The highest BCUT2D eigenvalue weighted by Gasteiger charge is 2.24. The number of hydrogen-bond donors (Lipinski definition) is 1. The summed E-state index contributed by atoms with van der Waals surface area (Å²) in [4.78, 5) is 16.5. The molecule has 0 bridgehead atoms. The van der Waals surface area contributed by atoms with Crippen molar-refractivity contribution in [2.75, 3.05) is 39.3 Å². The number of β-amino-alcohol motifs (C(OH)–C–C–N with tert-alkyl or cyclic N) is 1. The van der Waals surface area contributed by atoms with Crippen LogP contribution in [0.1, 0.15) is 37.4 Å². The Bertz CT molecular complexity index is 509. The van der Waals surface area contributed by atoms with Gasteiger partial charge in [0.25, 0.3) is 0 Å². The molecule has 5 heteroatoms. The predicted molar refractivity (Wildman–Crippen MR) is 92.6 cm³/mol. The number of aliphatic hydroxyl groups excluding tert-OH is 1. The molecule has 0 aromatic heterocycles. The summed E-state index contributed by atoms with van der Waals surface area (Å²) in [5.74, 6) is 0.244. The second-order valence-electron chi connectivity index (χ2n) is 6.78. The molecule has 2 atom stereocenters.